The number of nitrogens with one attached hydrogen (secondary N) is 1. The molecule has 5 rings (SSSR count). The first-order valence-electron chi connectivity index (χ1n) is 9.00. The number of aromatic nitrogens is 4. The van der Waals surface area contributed by atoms with Crippen LogP contribution in [0.25, 0.3) is 22.2 Å². The Morgan fingerprint density at radius 2 is 2.16 bits per heavy atom. The van der Waals surface area contributed by atoms with Crippen molar-refractivity contribution >= 4 is 16.7 Å². The number of aromatic amines is 1. The summed E-state index contributed by atoms with van der Waals surface area (Å²) in [4.78, 5) is 11.8. The minimum Gasteiger partial charge on any atom is -0.381 e. The van der Waals surface area contributed by atoms with E-state index < -0.39 is 0 Å². The zero-order chi connectivity index (χ0) is 16.8. The quantitative estimate of drug-likeness (QED) is 0.779. The molecule has 2 aliphatic rings. The van der Waals surface area contributed by atoms with Gasteiger partial charge in [0.05, 0.1) is 10.9 Å². The molecule has 6 heteroatoms. The third kappa shape index (κ3) is 2.32. The lowest BCUT2D eigenvalue weighted by Crippen LogP contribution is -2.39. The van der Waals surface area contributed by atoms with Gasteiger partial charge in [-0.1, -0.05) is 6.92 Å². The van der Waals surface area contributed by atoms with Crippen molar-refractivity contribution in [2.75, 3.05) is 18.1 Å². The number of fused-ring (bicyclic) bond motifs is 2. The van der Waals surface area contributed by atoms with Crippen molar-refractivity contribution in [3.8, 4) is 11.3 Å². The molecule has 1 N–H and O–H groups in total. The fourth-order valence-corrected chi connectivity index (χ4v) is 3.99. The Labute approximate surface area is 146 Å². The smallest absolute Gasteiger partial charge is 0.140 e. The first-order chi connectivity index (χ1) is 12.3. The third-order valence-corrected chi connectivity index (χ3v) is 5.36. The number of rotatable bonds is 2. The largest absolute Gasteiger partial charge is 0.381 e. The van der Waals surface area contributed by atoms with Gasteiger partial charge in [0.15, 0.2) is 0 Å². The fraction of sp³-hybridized carbons (Fsp3) is 0.421. The average Bonchev–Trinajstić information content (AvgIpc) is 3.05. The molecule has 5 heterocycles. The Bertz CT molecular complexity index is 929. The van der Waals surface area contributed by atoms with E-state index in [1.165, 1.54) is 11.1 Å². The van der Waals surface area contributed by atoms with Crippen LogP contribution >= 0.6 is 0 Å². The van der Waals surface area contributed by atoms with Crippen molar-refractivity contribution in [1.29, 1.82) is 0 Å². The van der Waals surface area contributed by atoms with Crippen LogP contribution in [-0.2, 0) is 17.7 Å². The first kappa shape index (κ1) is 14.8. The van der Waals surface area contributed by atoms with E-state index in [1.54, 1.807) is 0 Å². The van der Waals surface area contributed by atoms with E-state index in [0.29, 0.717) is 6.04 Å². The second kappa shape index (κ2) is 5.81. The molecule has 0 radical (unpaired) electrons. The van der Waals surface area contributed by atoms with Gasteiger partial charge in [0.1, 0.15) is 11.5 Å². The first-order valence-corrected chi connectivity index (χ1v) is 9.00. The predicted molar refractivity (Wildman–Crippen MR) is 96.5 cm³/mol. The van der Waals surface area contributed by atoms with Gasteiger partial charge in [-0.2, -0.15) is 5.10 Å². The molecule has 0 atom stereocenters. The maximum Gasteiger partial charge on any atom is 0.140 e. The number of anilines is 1. The van der Waals surface area contributed by atoms with Gasteiger partial charge in [0, 0.05) is 49.5 Å². The molecule has 3 aromatic heterocycles. The van der Waals surface area contributed by atoms with Gasteiger partial charge >= 0.3 is 0 Å². The fourth-order valence-electron chi connectivity index (χ4n) is 3.99. The summed E-state index contributed by atoms with van der Waals surface area (Å²) in [5.41, 5.74) is 5.54. The van der Waals surface area contributed by atoms with Gasteiger partial charge in [-0.05, 0) is 37.0 Å². The van der Waals surface area contributed by atoms with Crippen LogP contribution in [0.2, 0.25) is 0 Å². The lowest BCUT2D eigenvalue weighted by Gasteiger charge is -2.35. The van der Waals surface area contributed by atoms with Crippen molar-refractivity contribution in [3.05, 3.63) is 35.8 Å². The molecule has 0 spiro atoms. The minimum atomic E-state index is 0.436. The zero-order valence-corrected chi connectivity index (χ0v) is 14.3. The summed E-state index contributed by atoms with van der Waals surface area (Å²) in [5.74, 6) is 1.03. The van der Waals surface area contributed by atoms with Crippen LogP contribution in [0, 0.1) is 0 Å². The van der Waals surface area contributed by atoms with Crippen LogP contribution in [0.15, 0.2) is 24.5 Å². The second-order valence-electron chi connectivity index (χ2n) is 6.79. The Morgan fingerprint density at radius 1 is 1.28 bits per heavy atom. The number of nitrogens with zero attached hydrogens (tertiary/aromatic N) is 4. The van der Waals surface area contributed by atoms with E-state index in [2.05, 4.69) is 33.1 Å². The highest BCUT2D eigenvalue weighted by Gasteiger charge is 2.30. The summed E-state index contributed by atoms with van der Waals surface area (Å²) in [6.45, 7) is 4.58. The van der Waals surface area contributed by atoms with Gasteiger partial charge in [-0.15, -0.1) is 0 Å². The Hall–Kier alpha value is -2.47. The number of ether oxygens (including phenoxy) is 1. The van der Waals surface area contributed by atoms with E-state index in [4.69, 9.17) is 9.72 Å². The SMILES string of the molecule is CCc1cc2c(cn1)CN(C1CCOCC1)c1nccc3[nH]nc-2c13. The number of H-pyrrole nitrogens is 1. The highest BCUT2D eigenvalue weighted by Crippen LogP contribution is 2.40. The van der Waals surface area contributed by atoms with Crippen LogP contribution in [0.3, 0.4) is 0 Å². The summed E-state index contributed by atoms with van der Waals surface area (Å²) >= 11 is 0. The number of hydrogen-bond acceptors (Lipinski definition) is 5. The van der Waals surface area contributed by atoms with E-state index in [-0.39, 0.29) is 0 Å². The lowest BCUT2D eigenvalue weighted by atomic mass is 10.0. The van der Waals surface area contributed by atoms with Crippen LogP contribution in [-0.4, -0.2) is 39.4 Å². The summed E-state index contributed by atoms with van der Waals surface area (Å²) < 4.78 is 5.57. The molecule has 1 saturated heterocycles. The predicted octanol–water partition coefficient (Wildman–Crippen LogP) is 3.08. The van der Waals surface area contributed by atoms with Crippen molar-refractivity contribution in [2.24, 2.45) is 0 Å². The van der Waals surface area contributed by atoms with Crippen molar-refractivity contribution in [3.63, 3.8) is 0 Å². The molecule has 0 aromatic carbocycles. The number of aryl methyl sites for hydroxylation is 1. The molecular formula is C19H21N5O. The molecule has 0 amide bonds. The Morgan fingerprint density at radius 3 is 3.00 bits per heavy atom. The number of pyridine rings is 2. The molecule has 0 saturated carbocycles. The molecule has 6 nitrogen and oxygen atoms in total. The molecule has 25 heavy (non-hydrogen) atoms. The maximum absolute atomic E-state index is 5.57. The van der Waals surface area contributed by atoms with Crippen molar-refractivity contribution in [1.82, 2.24) is 20.2 Å². The molecule has 0 aliphatic carbocycles. The van der Waals surface area contributed by atoms with E-state index in [1.807, 2.05) is 18.5 Å². The van der Waals surface area contributed by atoms with Crippen LogP contribution < -0.4 is 4.90 Å². The summed E-state index contributed by atoms with van der Waals surface area (Å²) in [6.07, 6.45) is 6.87. The van der Waals surface area contributed by atoms with Crippen LogP contribution in [0.5, 0.6) is 0 Å². The Kier molecular flexibility index (Phi) is 3.45. The van der Waals surface area contributed by atoms with Crippen molar-refractivity contribution in [2.45, 2.75) is 38.8 Å². The molecule has 1 fully saturated rings. The molecule has 0 bridgehead atoms. The lowest BCUT2D eigenvalue weighted by molar-refractivity contribution is 0.0840. The van der Waals surface area contributed by atoms with Gasteiger partial charge in [0.2, 0.25) is 0 Å². The molecule has 0 unspecified atom stereocenters. The molecule has 3 aromatic rings. The van der Waals surface area contributed by atoms with E-state index >= 15 is 0 Å². The van der Waals surface area contributed by atoms with E-state index in [9.17, 15) is 0 Å². The van der Waals surface area contributed by atoms with Crippen LogP contribution in [0.4, 0.5) is 5.82 Å². The highest BCUT2D eigenvalue weighted by atomic mass is 16.5. The number of hydrogen-bond donors (Lipinski definition) is 1. The van der Waals surface area contributed by atoms with Gasteiger partial charge in [-0.25, -0.2) is 4.98 Å². The maximum atomic E-state index is 5.57. The van der Waals surface area contributed by atoms with Crippen LogP contribution in [0.1, 0.15) is 31.0 Å². The molecular weight excluding hydrogens is 314 g/mol. The highest BCUT2D eigenvalue weighted by molar-refractivity contribution is 6.02. The van der Waals surface area contributed by atoms with Gasteiger partial charge in [0.25, 0.3) is 0 Å². The normalized spacial score (nSPS) is 17.6. The second-order valence-corrected chi connectivity index (χ2v) is 6.79. The Balaban J connectivity index is 1.74. The van der Waals surface area contributed by atoms with Crippen molar-refractivity contribution < 1.29 is 4.74 Å². The molecule has 128 valence electrons. The molecule has 2 aliphatic heterocycles. The summed E-state index contributed by atoms with van der Waals surface area (Å²) in [5, 5.41) is 8.95. The van der Waals surface area contributed by atoms with Gasteiger partial charge < -0.3 is 9.64 Å². The third-order valence-electron chi connectivity index (χ3n) is 5.36. The topological polar surface area (TPSA) is 66.9 Å². The summed E-state index contributed by atoms with van der Waals surface area (Å²) in [6, 6.07) is 4.63. The average molecular weight is 335 g/mol. The standard InChI is InChI=1S/C19H21N5O/c1-2-13-9-15-12(10-21-13)11-24(14-4-7-25-8-5-14)19-17-16(3-6-20-19)22-23-18(15)17/h3,6,9-10,14H,2,4-5,7-8,11H2,1H3,(H,22,23). The monoisotopic (exact) mass is 335 g/mol. The minimum absolute atomic E-state index is 0.436. The van der Waals surface area contributed by atoms with E-state index in [0.717, 1.165) is 67.1 Å². The van der Waals surface area contributed by atoms with Gasteiger partial charge in [-0.3, -0.25) is 10.1 Å². The summed E-state index contributed by atoms with van der Waals surface area (Å²) in [7, 11) is 0. The zero-order valence-electron chi connectivity index (χ0n) is 14.3.